The van der Waals surface area contributed by atoms with Gasteiger partial charge in [0.25, 0.3) is 0 Å². The van der Waals surface area contributed by atoms with Gasteiger partial charge in [0.05, 0.1) is 0 Å². The second kappa shape index (κ2) is 3.55. The van der Waals surface area contributed by atoms with Gasteiger partial charge in [-0.1, -0.05) is 18.3 Å². The molecule has 2 aromatic heterocycles. The van der Waals surface area contributed by atoms with Crippen molar-refractivity contribution in [2.24, 2.45) is 0 Å². The van der Waals surface area contributed by atoms with Gasteiger partial charge in [-0.25, -0.2) is 4.98 Å². The fraction of sp³-hybridized carbons (Fsp3) is 0.286. The molecule has 0 N–H and O–H groups in total. The number of imidazole rings is 1. The zero-order valence-electron chi connectivity index (χ0n) is 6.94. The van der Waals surface area contributed by atoms with Crippen molar-refractivity contribution in [1.82, 2.24) is 19.7 Å². The van der Waals surface area contributed by atoms with E-state index in [1.807, 2.05) is 10.8 Å². The van der Waals surface area contributed by atoms with Crippen LogP contribution < -0.4 is 0 Å². The highest BCUT2D eigenvalue weighted by Crippen LogP contribution is 2.20. The van der Waals surface area contributed by atoms with Gasteiger partial charge in [0, 0.05) is 18.8 Å². The van der Waals surface area contributed by atoms with E-state index in [2.05, 4.69) is 38.0 Å². The molecule has 4 nitrogen and oxygen atoms in total. The smallest absolute Gasteiger partial charge is 0.218 e. The molecular formula is C7H7BrN4S. The SMILES string of the molecule is CCc1nccn1-c1nnc(Br)s1. The van der Waals surface area contributed by atoms with Crippen molar-refractivity contribution < 1.29 is 0 Å². The summed E-state index contributed by atoms with van der Waals surface area (Å²) in [6, 6.07) is 0. The number of halogens is 1. The zero-order valence-corrected chi connectivity index (χ0v) is 9.34. The van der Waals surface area contributed by atoms with Crippen LogP contribution >= 0.6 is 27.3 Å². The third kappa shape index (κ3) is 1.64. The third-order valence-corrected chi connectivity index (χ3v) is 2.98. The maximum atomic E-state index is 4.21. The van der Waals surface area contributed by atoms with Gasteiger partial charge in [0.2, 0.25) is 5.13 Å². The topological polar surface area (TPSA) is 43.6 Å². The third-order valence-electron chi connectivity index (χ3n) is 1.63. The Kier molecular flexibility index (Phi) is 2.41. The van der Waals surface area contributed by atoms with Crippen LogP contribution in [0.1, 0.15) is 12.7 Å². The second-order valence-corrected chi connectivity index (χ2v) is 4.64. The maximum Gasteiger partial charge on any atom is 0.218 e. The van der Waals surface area contributed by atoms with Gasteiger partial charge in [-0.05, 0) is 15.9 Å². The van der Waals surface area contributed by atoms with Gasteiger partial charge >= 0.3 is 0 Å². The van der Waals surface area contributed by atoms with Crippen LogP contribution in [0.15, 0.2) is 16.3 Å². The lowest BCUT2D eigenvalue weighted by Gasteiger charge is -1.98. The van der Waals surface area contributed by atoms with E-state index in [1.165, 1.54) is 11.3 Å². The summed E-state index contributed by atoms with van der Waals surface area (Å²) in [5.74, 6) is 1.00. The number of nitrogens with zero attached hydrogens (tertiary/aromatic N) is 4. The Labute approximate surface area is 87.8 Å². The first kappa shape index (κ1) is 8.83. The molecule has 0 radical (unpaired) electrons. The Morgan fingerprint density at radius 3 is 3.00 bits per heavy atom. The summed E-state index contributed by atoms with van der Waals surface area (Å²) in [5.41, 5.74) is 0. The highest BCUT2D eigenvalue weighted by molar-refractivity contribution is 9.11. The molecule has 2 heterocycles. The highest BCUT2D eigenvalue weighted by Gasteiger charge is 2.07. The predicted octanol–water partition coefficient (Wildman–Crippen LogP) is 2.05. The summed E-state index contributed by atoms with van der Waals surface area (Å²) >= 11 is 4.77. The molecule has 0 aliphatic rings. The Morgan fingerprint density at radius 1 is 1.54 bits per heavy atom. The van der Waals surface area contributed by atoms with Gasteiger partial charge in [-0.3, -0.25) is 4.57 Å². The van der Waals surface area contributed by atoms with Crippen LogP contribution in [0.25, 0.3) is 5.13 Å². The van der Waals surface area contributed by atoms with Crippen LogP contribution in [0.3, 0.4) is 0 Å². The molecule has 2 aromatic rings. The van der Waals surface area contributed by atoms with Crippen molar-refractivity contribution in [2.45, 2.75) is 13.3 Å². The fourth-order valence-electron chi connectivity index (χ4n) is 1.07. The summed E-state index contributed by atoms with van der Waals surface area (Å²) in [6.07, 6.45) is 4.56. The molecule has 0 aromatic carbocycles. The van der Waals surface area contributed by atoms with Crippen molar-refractivity contribution in [3.05, 3.63) is 22.1 Å². The Hall–Kier alpha value is -0.750. The number of hydrogen-bond donors (Lipinski definition) is 0. The molecule has 13 heavy (non-hydrogen) atoms. The van der Waals surface area contributed by atoms with E-state index in [-0.39, 0.29) is 0 Å². The largest absolute Gasteiger partial charge is 0.278 e. The molecule has 0 bridgehead atoms. The molecular weight excluding hydrogens is 252 g/mol. The molecule has 0 unspecified atom stereocenters. The molecule has 0 saturated heterocycles. The minimum atomic E-state index is 0.790. The summed E-state index contributed by atoms with van der Waals surface area (Å²) in [5, 5.41) is 8.74. The highest BCUT2D eigenvalue weighted by atomic mass is 79.9. The van der Waals surface area contributed by atoms with E-state index >= 15 is 0 Å². The molecule has 0 aliphatic heterocycles. The molecule has 2 rings (SSSR count). The van der Waals surface area contributed by atoms with Crippen LogP contribution in [-0.4, -0.2) is 19.7 Å². The average Bonchev–Trinajstić information content (AvgIpc) is 2.71. The predicted molar refractivity (Wildman–Crippen MR) is 54.1 cm³/mol. The van der Waals surface area contributed by atoms with E-state index in [0.717, 1.165) is 21.3 Å². The Balaban J connectivity index is 2.45. The van der Waals surface area contributed by atoms with Gasteiger partial charge in [0.1, 0.15) is 5.82 Å². The van der Waals surface area contributed by atoms with E-state index in [4.69, 9.17) is 0 Å². The molecule has 0 fully saturated rings. The minimum absolute atomic E-state index is 0.790. The first-order chi connectivity index (χ1) is 6.31. The zero-order chi connectivity index (χ0) is 9.26. The lowest BCUT2D eigenvalue weighted by Crippen LogP contribution is -1.97. The standard InChI is InChI=1S/C7H7BrN4S/c1-2-5-9-3-4-12(5)7-11-10-6(8)13-7/h3-4H,2H2,1H3. The van der Waals surface area contributed by atoms with Gasteiger partial charge in [-0.2, -0.15) is 0 Å². The number of aryl methyl sites for hydroxylation is 1. The van der Waals surface area contributed by atoms with Crippen LogP contribution in [0.2, 0.25) is 0 Å². The molecule has 0 atom stereocenters. The molecule has 0 aliphatic carbocycles. The lowest BCUT2D eigenvalue weighted by molar-refractivity contribution is 0.864. The summed E-state index contributed by atoms with van der Waals surface area (Å²) in [6.45, 7) is 2.06. The van der Waals surface area contributed by atoms with Gasteiger partial charge in [-0.15, -0.1) is 10.2 Å². The Bertz CT molecular complexity index is 408. The minimum Gasteiger partial charge on any atom is -0.278 e. The first-order valence-electron chi connectivity index (χ1n) is 3.83. The summed E-state index contributed by atoms with van der Waals surface area (Å²) < 4.78 is 2.74. The monoisotopic (exact) mass is 258 g/mol. The molecule has 0 amide bonds. The molecule has 0 spiro atoms. The first-order valence-corrected chi connectivity index (χ1v) is 5.44. The quantitative estimate of drug-likeness (QED) is 0.829. The van der Waals surface area contributed by atoms with Crippen molar-refractivity contribution in [3.63, 3.8) is 0 Å². The normalized spacial score (nSPS) is 10.6. The maximum absolute atomic E-state index is 4.21. The van der Waals surface area contributed by atoms with Crippen LogP contribution in [0.5, 0.6) is 0 Å². The molecule has 68 valence electrons. The van der Waals surface area contributed by atoms with Crippen molar-refractivity contribution in [2.75, 3.05) is 0 Å². The number of hydrogen-bond acceptors (Lipinski definition) is 4. The molecule has 6 heteroatoms. The van der Waals surface area contributed by atoms with Crippen LogP contribution in [0.4, 0.5) is 0 Å². The van der Waals surface area contributed by atoms with Crippen molar-refractivity contribution >= 4 is 27.3 Å². The summed E-state index contributed by atoms with van der Waals surface area (Å²) in [4.78, 5) is 4.21. The lowest BCUT2D eigenvalue weighted by atomic mass is 10.5. The van der Waals surface area contributed by atoms with E-state index in [9.17, 15) is 0 Å². The summed E-state index contributed by atoms with van der Waals surface area (Å²) in [7, 11) is 0. The number of aromatic nitrogens is 4. The Morgan fingerprint density at radius 2 is 2.38 bits per heavy atom. The van der Waals surface area contributed by atoms with Crippen LogP contribution in [-0.2, 0) is 6.42 Å². The van der Waals surface area contributed by atoms with Crippen molar-refractivity contribution in [3.8, 4) is 5.13 Å². The average molecular weight is 259 g/mol. The van der Waals surface area contributed by atoms with Crippen LogP contribution in [0, 0.1) is 0 Å². The van der Waals surface area contributed by atoms with E-state index < -0.39 is 0 Å². The second-order valence-electron chi connectivity index (χ2n) is 2.40. The number of rotatable bonds is 2. The van der Waals surface area contributed by atoms with E-state index in [1.54, 1.807) is 6.20 Å². The molecule has 0 saturated carbocycles. The fourth-order valence-corrected chi connectivity index (χ4v) is 2.16. The van der Waals surface area contributed by atoms with Crippen molar-refractivity contribution in [1.29, 1.82) is 0 Å². The van der Waals surface area contributed by atoms with E-state index in [0.29, 0.717) is 0 Å². The van der Waals surface area contributed by atoms with Gasteiger partial charge < -0.3 is 0 Å². The van der Waals surface area contributed by atoms with Gasteiger partial charge in [0.15, 0.2) is 3.92 Å².